The number of benzene rings is 1. The summed E-state index contributed by atoms with van der Waals surface area (Å²) in [6.07, 6.45) is -0.493. The van der Waals surface area contributed by atoms with Gasteiger partial charge >= 0.3 is 0 Å². The zero-order valence-electron chi connectivity index (χ0n) is 10.3. The van der Waals surface area contributed by atoms with E-state index >= 15 is 0 Å². The lowest BCUT2D eigenvalue weighted by Gasteiger charge is -2.20. The third kappa shape index (κ3) is 3.51. The van der Waals surface area contributed by atoms with E-state index < -0.39 is 6.10 Å². The number of aliphatic hydroxyl groups excluding tert-OH is 1. The molecule has 1 aromatic carbocycles. The van der Waals surface area contributed by atoms with E-state index in [1.54, 1.807) is 0 Å². The second kappa shape index (κ2) is 6.51. The number of rotatable bonds is 6. The Kier molecular flexibility index (Phi) is 5.29. The van der Waals surface area contributed by atoms with Crippen molar-refractivity contribution in [2.45, 2.75) is 20.0 Å². The van der Waals surface area contributed by atoms with Crippen LogP contribution in [0.1, 0.15) is 25.5 Å². The Labute approximate surface area is 97.7 Å². The van der Waals surface area contributed by atoms with Gasteiger partial charge in [0.25, 0.3) is 0 Å². The molecule has 0 aromatic heterocycles. The molecule has 3 nitrogen and oxygen atoms in total. The molecule has 0 heterocycles. The second-order valence-electron chi connectivity index (χ2n) is 3.84. The molecular weight excluding hydrogens is 202 g/mol. The standard InChI is InChI=1S/C13H21NO2/c1-4-14(3)10-12(15)11-8-6-7-9-13(11)16-5-2/h6-9,12,15H,4-5,10H2,1-3H3. The van der Waals surface area contributed by atoms with Crippen molar-refractivity contribution >= 4 is 0 Å². The molecule has 0 saturated heterocycles. The molecule has 0 spiro atoms. The predicted octanol–water partition coefficient (Wildman–Crippen LogP) is 2.07. The lowest BCUT2D eigenvalue weighted by Crippen LogP contribution is -2.24. The molecule has 1 atom stereocenters. The molecule has 3 heteroatoms. The van der Waals surface area contributed by atoms with Crippen LogP contribution in [0, 0.1) is 0 Å². The van der Waals surface area contributed by atoms with Gasteiger partial charge in [0.2, 0.25) is 0 Å². The summed E-state index contributed by atoms with van der Waals surface area (Å²) in [5, 5.41) is 10.1. The summed E-state index contributed by atoms with van der Waals surface area (Å²) < 4.78 is 5.49. The molecule has 0 fully saturated rings. The van der Waals surface area contributed by atoms with Gasteiger partial charge in [0.15, 0.2) is 0 Å². The van der Waals surface area contributed by atoms with Crippen molar-refractivity contribution in [3.05, 3.63) is 29.8 Å². The van der Waals surface area contributed by atoms with Crippen LogP contribution in [0.5, 0.6) is 5.75 Å². The molecule has 0 bridgehead atoms. The van der Waals surface area contributed by atoms with Crippen molar-refractivity contribution in [1.29, 1.82) is 0 Å². The van der Waals surface area contributed by atoms with E-state index in [4.69, 9.17) is 4.74 Å². The minimum Gasteiger partial charge on any atom is -0.493 e. The molecule has 0 aliphatic heterocycles. The Hall–Kier alpha value is -1.06. The van der Waals surface area contributed by atoms with Crippen LogP contribution in [0.15, 0.2) is 24.3 Å². The van der Waals surface area contributed by atoms with E-state index in [1.165, 1.54) is 0 Å². The highest BCUT2D eigenvalue weighted by molar-refractivity contribution is 5.35. The predicted molar refractivity (Wildman–Crippen MR) is 65.7 cm³/mol. The van der Waals surface area contributed by atoms with Crippen LogP contribution in [0.3, 0.4) is 0 Å². The van der Waals surface area contributed by atoms with E-state index in [0.29, 0.717) is 13.2 Å². The van der Waals surface area contributed by atoms with Crippen LogP contribution in [-0.2, 0) is 0 Å². The molecule has 1 rings (SSSR count). The Morgan fingerprint density at radius 1 is 1.31 bits per heavy atom. The Bertz CT molecular complexity index is 315. The fourth-order valence-electron chi connectivity index (χ4n) is 1.57. The summed E-state index contributed by atoms with van der Waals surface area (Å²) in [4.78, 5) is 2.08. The van der Waals surface area contributed by atoms with Gasteiger partial charge in [-0.1, -0.05) is 25.1 Å². The summed E-state index contributed by atoms with van der Waals surface area (Å²) in [7, 11) is 1.99. The lowest BCUT2D eigenvalue weighted by molar-refractivity contribution is 0.126. The van der Waals surface area contributed by atoms with Gasteiger partial charge in [0, 0.05) is 12.1 Å². The van der Waals surface area contributed by atoms with Crippen LogP contribution in [0.2, 0.25) is 0 Å². The third-order valence-corrected chi connectivity index (χ3v) is 2.60. The van der Waals surface area contributed by atoms with E-state index in [-0.39, 0.29) is 0 Å². The maximum absolute atomic E-state index is 10.1. The van der Waals surface area contributed by atoms with Gasteiger partial charge < -0.3 is 14.7 Å². The highest BCUT2D eigenvalue weighted by Gasteiger charge is 2.14. The van der Waals surface area contributed by atoms with Crippen molar-refractivity contribution in [2.75, 3.05) is 26.7 Å². The fourth-order valence-corrected chi connectivity index (χ4v) is 1.57. The highest BCUT2D eigenvalue weighted by Crippen LogP contribution is 2.25. The average molecular weight is 223 g/mol. The Balaban J connectivity index is 2.77. The summed E-state index contributed by atoms with van der Waals surface area (Å²) in [5.74, 6) is 0.780. The van der Waals surface area contributed by atoms with Crippen molar-refractivity contribution in [1.82, 2.24) is 4.90 Å². The molecule has 0 aliphatic rings. The van der Waals surface area contributed by atoms with Gasteiger partial charge in [-0.05, 0) is 26.6 Å². The molecular formula is C13H21NO2. The van der Waals surface area contributed by atoms with E-state index in [1.807, 2.05) is 38.2 Å². The van der Waals surface area contributed by atoms with Crippen LogP contribution in [-0.4, -0.2) is 36.8 Å². The van der Waals surface area contributed by atoms with Gasteiger partial charge in [0.1, 0.15) is 5.75 Å². The van der Waals surface area contributed by atoms with Gasteiger partial charge in [-0.15, -0.1) is 0 Å². The minimum atomic E-state index is -0.493. The summed E-state index contributed by atoms with van der Waals surface area (Å²) >= 11 is 0. The maximum Gasteiger partial charge on any atom is 0.125 e. The Morgan fingerprint density at radius 3 is 2.62 bits per heavy atom. The number of nitrogens with zero attached hydrogens (tertiary/aromatic N) is 1. The molecule has 1 unspecified atom stereocenters. The number of hydrogen-bond acceptors (Lipinski definition) is 3. The largest absolute Gasteiger partial charge is 0.493 e. The topological polar surface area (TPSA) is 32.7 Å². The second-order valence-corrected chi connectivity index (χ2v) is 3.84. The normalized spacial score (nSPS) is 12.8. The number of hydrogen-bond donors (Lipinski definition) is 1. The molecule has 1 N–H and O–H groups in total. The maximum atomic E-state index is 10.1. The van der Waals surface area contributed by atoms with Gasteiger partial charge in [-0.25, -0.2) is 0 Å². The first-order valence-electron chi connectivity index (χ1n) is 5.77. The molecule has 0 radical (unpaired) electrons. The Morgan fingerprint density at radius 2 is 2.00 bits per heavy atom. The van der Waals surface area contributed by atoms with Crippen molar-refractivity contribution < 1.29 is 9.84 Å². The lowest BCUT2D eigenvalue weighted by atomic mass is 10.1. The van der Waals surface area contributed by atoms with Crippen molar-refractivity contribution in [3.63, 3.8) is 0 Å². The quantitative estimate of drug-likeness (QED) is 0.801. The van der Waals surface area contributed by atoms with E-state index in [2.05, 4.69) is 11.8 Å². The molecule has 16 heavy (non-hydrogen) atoms. The van der Waals surface area contributed by atoms with E-state index in [9.17, 15) is 5.11 Å². The number of ether oxygens (including phenoxy) is 1. The smallest absolute Gasteiger partial charge is 0.125 e. The van der Waals surface area contributed by atoms with Crippen LogP contribution < -0.4 is 4.74 Å². The van der Waals surface area contributed by atoms with Crippen molar-refractivity contribution in [3.8, 4) is 5.75 Å². The van der Waals surface area contributed by atoms with Gasteiger partial charge in [0.05, 0.1) is 12.7 Å². The summed E-state index contributed by atoms with van der Waals surface area (Å²) in [6, 6.07) is 7.66. The first kappa shape index (κ1) is 13.0. The number of likely N-dealkylation sites (N-methyl/N-ethyl adjacent to an activating group) is 1. The zero-order chi connectivity index (χ0) is 12.0. The molecule has 0 amide bonds. The highest BCUT2D eigenvalue weighted by atomic mass is 16.5. The average Bonchev–Trinajstić information content (AvgIpc) is 2.30. The molecule has 1 aromatic rings. The zero-order valence-corrected chi connectivity index (χ0v) is 10.3. The van der Waals surface area contributed by atoms with Gasteiger partial charge in [-0.3, -0.25) is 0 Å². The summed E-state index contributed by atoms with van der Waals surface area (Å²) in [5.41, 5.74) is 0.865. The minimum absolute atomic E-state index is 0.493. The first-order valence-corrected chi connectivity index (χ1v) is 5.77. The van der Waals surface area contributed by atoms with Crippen molar-refractivity contribution in [2.24, 2.45) is 0 Å². The van der Waals surface area contributed by atoms with Gasteiger partial charge in [-0.2, -0.15) is 0 Å². The molecule has 0 aliphatic carbocycles. The fraction of sp³-hybridized carbons (Fsp3) is 0.538. The first-order chi connectivity index (χ1) is 7.69. The van der Waals surface area contributed by atoms with Crippen LogP contribution in [0.4, 0.5) is 0 Å². The SMILES string of the molecule is CCOc1ccccc1C(O)CN(C)CC. The number of para-hydroxylation sites is 1. The molecule has 90 valence electrons. The van der Waals surface area contributed by atoms with Crippen LogP contribution >= 0.6 is 0 Å². The van der Waals surface area contributed by atoms with E-state index in [0.717, 1.165) is 17.9 Å². The van der Waals surface area contributed by atoms with Crippen LogP contribution in [0.25, 0.3) is 0 Å². The number of aliphatic hydroxyl groups is 1. The summed E-state index contributed by atoms with van der Waals surface area (Å²) in [6.45, 7) is 6.18. The monoisotopic (exact) mass is 223 g/mol. The molecule has 0 saturated carbocycles. The third-order valence-electron chi connectivity index (χ3n) is 2.60.